The highest BCUT2D eigenvalue weighted by Gasteiger charge is 2.25. The van der Waals surface area contributed by atoms with Crippen LogP contribution in [0.15, 0.2) is 67.1 Å². The summed E-state index contributed by atoms with van der Waals surface area (Å²) in [6.07, 6.45) is 5.91. The summed E-state index contributed by atoms with van der Waals surface area (Å²) < 4.78 is 4.29. The SMILES string of the molecule is [C-]#[N+]c1ccc(-c2cc3n(c2)Cc2cc(C(=O)N(C)CC4CNC4)ccc2-n2ccnc2-3)cc1. The standard InChI is InChI=1S/C27H24N6O/c1-28-23-6-3-19(4-7-23)21-12-25-26-30-9-10-33(26)24-8-5-20(11-22(24)17-32(25)16-21)27(34)31(2)15-18-13-29-14-18/h3-12,16,18,29H,13-15,17H2,2H3. The molecule has 34 heavy (non-hydrogen) atoms. The Morgan fingerprint density at radius 2 is 2.00 bits per heavy atom. The van der Waals surface area contributed by atoms with Gasteiger partial charge in [0.05, 0.1) is 18.0 Å². The van der Waals surface area contributed by atoms with Crippen molar-refractivity contribution in [2.24, 2.45) is 5.92 Å². The lowest BCUT2D eigenvalue weighted by Gasteiger charge is -2.31. The van der Waals surface area contributed by atoms with Gasteiger partial charge < -0.3 is 14.8 Å². The molecule has 4 heterocycles. The number of nitrogens with one attached hydrogen (secondary N) is 1. The van der Waals surface area contributed by atoms with Crippen molar-refractivity contribution in [2.75, 3.05) is 26.7 Å². The molecular formula is C27H24N6O. The molecule has 0 bridgehead atoms. The fourth-order valence-electron chi connectivity index (χ4n) is 4.83. The molecule has 2 aliphatic rings. The molecule has 0 spiro atoms. The van der Waals surface area contributed by atoms with E-state index in [0.717, 1.165) is 53.5 Å². The fourth-order valence-corrected chi connectivity index (χ4v) is 4.83. The monoisotopic (exact) mass is 448 g/mol. The first-order valence-corrected chi connectivity index (χ1v) is 11.4. The first-order valence-electron chi connectivity index (χ1n) is 11.4. The number of hydrogen-bond donors (Lipinski definition) is 1. The van der Waals surface area contributed by atoms with E-state index >= 15 is 0 Å². The number of carbonyl (C=O) groups is 1. The lowest BCUT2D eigenvalue weighted by atomic mass is 10.0. The summed E-state index contributed by atoms with van der Waals surface area (Å²) in [4.78, 5) is 23.1. The van der Waals surface area contributed by atoms with Crippen molar-refractivity contribution in [3.63, 3.8) is 0 Å². The van der Waals surface area contributed by atoms with E-state index in [2.05, 4.69) is 36.5 Å². The average Bonchev–Trinajstić information content (AvgIpc) is 3.46. The summed E-state index contributed by atoms with van der Waals surface area (Å²) in [5, 5.41) is 3.27. The topological polar surface area (TPSA) is 59.5 Å². The lowest BCUT2D eigenvalue weighted by Crippen LogP contribution is -2.48. The van der Waals surface area contributed by atoms with Gasteiger partial charge in [0.15, 0.2) is 11.5 Å². The quantitative estimate of drug-likeness (QED) is 0.419. The first kappa shape index (κ1) is 20.5. The van der Waals surface area contributed by atoms with Crippen LogP contribution in [-0.4, -0.2) is 51.6 Å². The van der Waals surface area contributed by atoms with Gasteiger partial charge in [-0.2, -0.15) is 0 Å². The maximum absolute atomic E-state index is 13.1. The maximum atomic E-state index is 13.1. The maximum Gasteiger partial charge on any atom is 0.253 e. The zero-order valence-corrected chi connectivity index (χ0v) is 18.9. The second-order valence-corrected chi connectivity index (χ2v) is 9.07. The third-order valence-corrected chi connectivity index (χ3v) is 6.77. The van der Waals surface area contributed by atoms with Crippen LogP contribution in [0.5, 0.6) is 0 Å². The van der Waals surface area contributed by atoms with Gasteiger partial charge >= 0.3 is 0 Å². The summed E-state index contributed by atoms with van der Waals surface area (Å²) in [6, 6.07) is 15.8. The number of carbonyl (C=O) groups excluding carboxylic acids is 1. The Hall–Kier alpha value is -4.15. The van der Waals surface area contributed by atoms with Crippen molar-refractivity contribution in [1.82, 2.24) is 24.3 Å². The smallest absolute Gasteiger partial charge is 0.253 e. The molecule has 4 aromatic rings. The molecule has 1 fully saturated rings. The van der Waals surface area contributed by atoms with E-state index in [1.165, 1.54) is 0 Å². The Morgan fingerprint density at radius 3 is 2.74 bits per heavy atom. The number of aromatic nitrogens is 3. The molecule has 6 rings (SSSR count). The summed E-state index contributed by atoms with van der Waals surface area (Å²) in [7, 11) is 1.88. The number of fused-ring (bicyclic) bond motifs is 5. The van der Waals surface area contributed by atoms with Gasteiger partial charge in [-0.15, -0.1) is 0 Å². The van der Waals surface area contributed by atoms with E-state index in [0.29, 0.717) is 23.7 Å². The molecule has 1 N–H and O–H groups in total. The summed E-state index contributed by atoms with van der Waals surface area (Å²) in [5.74, 6) is 1.46. The van der Waals surface area contributed by atoms with E-state index in [9.17, 15) is 4.79 Å². The van der Waals surface area contributed by atoms with Crippen molar-refractivity contribution in [2.45, 2.75) is 6.54 Å². The van der Waals surface area contributed by atoms with Crippen molar-refractivity contribution in [3.05, 3.63) is 89.7 Å². The average molecular weight is 449 g/mol. The molecule has 7 nitrogen and oxygen atoms in total. The van der Waals surface area contributed by atoms with Gasteiger partial charge in [-0.3, -0.25) is 9.36 Å². The molecule has 0 atom stereocenters. The molecule has 0 saturated carbocycles. The molecule has 1 saturated heterocycles. The largest absolute Gasteiger partial charge is 0.341 e. The van der Waals surface area contributed by atoms with Gasteiger partial charge in [0.25, 0.3) is 5.91 Å². The number of imidazole rings is 1. The number of amides is 1. The second kappa shape index (κ2) is 8.01. The second-order valence-electron chi connectivity index (χ2n) is 9.07. The van der Waals surface area contributed by atoms with Crippen LogP contribution in [0.4, 0.5) is 5.69 Å². The number of hydrogen-bond acceptors (Lipinski definition) is 3. The first-order chi connectivity index (χ1) is 16.6. The van der Waals surface area contributed by atoms with Crippen molar-refractivity contribution < 1.29 is 4.79 Å². The van der Waals surface area contributed by atoms with Crippen LogP contribution in [0.3, 0.4) is 0 Å². The third-order valence-electron chi connectivity index (χ3n) is 6.77. The van der Waals surface area contributed by atoms with Crippen molar-refractivity contribution in [1.29, 1.82) is 0 Å². The molecule has 0 unspecified atom stereocenters. The molecule has 2 aromatic carbocycles. The van der Waals surface area contributed by atoms with Crippen LogP contribution in [0.2, 0.25) is 0 Å². The van der Waals surface area contributed by atoms with Gasteiger partial charge in [-0.25, -0.2) is 9.83 Å². The van der Waals surface area contributed by atoms with Crippen LogP contribution in [0.25, 0.3) is 33.2 Å². The molecule has 0 radical (unpaired) electrons. The van der Waals surface area contributed by atoms with E-state index in [1.807, 2.05) is 66.8 Å². The minimum absolute atomic E-state index is 0.0538. The Labute approximate surface area is 198 Å². The van der Waals surface area contributed by atoms with Gasteiger partial charge in [0.2, 0.25) is 0 Å². The van der Waals surface area contributed by atoms with Crippen LogP contribution in [-0.2, 0) is 6.54 Å². The molecule has 0 aliphatic carbocycles. The summed E-state index contributed by atoms with van der Waals surface area (Å²) >= 11 is 0. The number of rotatable bonds is 4. The molecule has 2 aromatic heterocycles. The molecule has 7 heteroatoms. The Morgan fingerprint density at radius 1 is 1.18 bits per heavy atom. The predicted molar refractivity (Wildman–Crippen MR) is 131 cm³/mol. The van der Waals surface area contributed by atoms with E-state index in [1.54, 1.807) is 0 Å². The van der Waals surface area contributed by atoms with E-state index in [4.69, 9.17) is 6.57 Å². The van der Waals surface area contributed by atoms with Gasteiger partial charge in [0.1, 0.15) is 0 Å². The highest BCUT2D eigenvalue weighted by atomic mass is 16.2. The predicted octanol–water partition coefficient (Wildman–Crippen LogP) is 4.21. The van der Waals surface area contributed by atoms with Crippen LogP contribution in [0, 0.1) is 12.5 Å². The minimum atomic E-state index is 0.0538. The highest BCUT2D eigenvalue weighted by Crippen LogP contribution is 2.34. The number of nitrogens with zero attached hydrogens (tertiary/aromatic N) is 5. The minimum Gasteiger partial charge on any atom is -0.341 e. The fraction of sp³-hybridized carbons (Fsp3) is 0.222. The third kappa shape index (κ3) is 3.40. The highest BCUT2D eigenvalue weighted by molar-refractivity contribution is 5.94. The van der Waals surface area contributed by atoms with E-state index in [-0.39, 0.29) is 5.91 Å². The Bertz CT molecular complexity index is 1430. The summed E-state index contributed by atoms with van der Waals surface area (Å²) in [6.45, 7) is 10.5. The van der Waals surface area contributed by atoms with Crippen LogP contribution in [0.1, 0.15) is 15.9 Å². The molecule has 168 valence electrons. The van der Waals surface area contributed by atoms with Gasteiger partial charge in [-0.05, 0) is 35.4 Å². The summed E-state index contributed by atoms with van der Waals surface area (Å²) in [5.41, 5.74) is 6.61. The zero-order chi connectivity index (χ0) is 23.2. The zero-order valence-electron chi connectivity index (χ0n) is 18.9. The van der Waals surface area contributed by atoms with Crippen LogP contribution >= 0.6 is 0 Å². The molecular weight excluding hydrogens is 424 g/mol. The normalized spacial score (nSPS) is 14.2. The van der Waals surface area contributed by atoms with E-state index < -0.39 is 0 Å². The van der Waals surface area contributed by atoms with Crippen molar-refractivity contribution >= 4 is 11.6 Å². The van der Waals surface area contributed by atoms with Crippen LogP contribution < -0.4 is 5.32 Å². The van der Waals surface area contributed by atoms with Gasteiger partial charge in [0, 0.05) is 68.9 Å². The molecule has 1 amide bonds. The lowest BCUT2D eigenvalue weighted by molar-refractivity contribution is 0.0755. The number of benzene rings is 2. The van der Waals surface area contributed by atoms with Crippen molar-refractivity contribution in [3.8, 4) is 28.3 Å². The Kier molecular flexibility index (Phi) is 4.82. The molecule has 2 aliphatic heterocycles. The Balaban J connectivity index is 1.37. The van der Waals surface area contributed by atoms with Gasteiger partial charge in [-0.1, -0.05) is 24.3 Å².